The van der Waals surface area contributed by atoms with Crippen LogP contribution in [0.3, 0.4) is 0 Å². The minimum absolute atomic E-state index is 0.276. The molecule has 0 amide bonds. The second-order valence-corrected chi connectivity index (χ2v) is 3.13. The zero-order valence-electron chi connectivity index (χ0n) is 8.22. The standard InChI is InChI=1S/C10H10FN3O/c1-14-6-9(12-13-14)7-15-10-4-2-8(11)3-5-10/h2-6H,7H2,1H3. The maximum atomic E-state index is 12.6. The Morgan fingerprint density at radius 2 is 2.07 bits per heavy atom. The van der Waals surface area contributed by atoms with Gasteiger partial charge in [0.15, 0.2) is 0 Å². The van der Waals surface area contributed by atoms with Gasteiger partial charge in [0, 0.05) is 7.05 Å². The fraction of sp³-hybridized carbons (Fsp3) is 0.200. The number of benzene rings is 1. The van der Waals surface area contributed by atoms with Crippen LogP contribution in [0.25, 0.3) is 0 Å². The molecule has 0 atom stereocenters. The minimum Gasteiger partial charge on any atom is -0.487 e. The van der Waals surface area contributed by atoms with E-state index < -0.39 is 0 Å². The fourth-order valence-electron chi connectivity index (χ4n) is 1.15. The maximum absolute atomic E-state index is 12.6. The van der Waals surface area contributed by atoms with E-state index in [0.29, 0.717) is 12.4 Å². The molecule has 0 radical (unpaired) electrons. The Morgan fingerprint density at radius 3 is 2.67 bits per heavy atom. The molecular formula is C10H10FN3O. The Kier molecular flexibility index (Phi) is 2.62. The Morgan fingerprint density at radius 1 is 1.33 bits per heavy atom. The number of rotatable bonds is 3. The molecule has 15 heavy (non-hydrogen) atoms. The van der Waals surface area contributed by atoms with Crippen LogP contribution in [0, 0.1) is 5.82 Å². The van der Waals surface area contributed by atoms with Gasteiger partial charge in [0.1, 0.15) is 23.9 Å². The summed E-state index contributed by atoms with van der Waals surface area (Å²) in [5, 5.41) is 7.63. The van der Waals surface area contributed by atoms with Crippen molar-refractivity contribution in [1.82, 2.24) is 15.0 Å². The summed E-state index contributed by atoms with van der Waals surface area (Å²) in [6.07, 6.45) is 1.77. The second-order valence-electron chi connectivity index (χ2n) is 3.13. The summed E-state index contributed by atoms with van der Waals surface area (Å²) in [5.41, 5.74) is 0.738. The third-order valence-corrected chi connectivity index (χ3v) is 1.85. The monoisotopic (exact) mass is 207 g/mol. The van der Waals surface area contributed by atoms with Gasteiger partial charge in [-0.2, -0.15) is 0 Å². The molecule has 0 saturated carbocycles. The average Bonchev–Trinajstić information content (AvgIpc) is 2.64. The van der Waals surface area contributed by atoms with Crippen molar-refractivity contribution in [2.24, 2.45) is 7.05 Å². The van der Waals surface area contributed by atoms with Gasteiger partial charge in [-0.3, -0.25) is 4.68 Å². The first-order chi connectivity index (χ1) is 7.24. The molecular weight excluding hydrogens is 197 g/mol. The molecule has 0 saturated heterocycles. The van der Waals surface area contributed by atoms with E-state index in [1.54, 1.807) is 30.1 Å². The average molecular weight is 207 g/mol. The lowest BCUT2D eigenvalue weighted by Gasteiger charge is -2.02. The number of nitrogens with zero attached hydrogens (tertiary/aromatic N) is 3. The molecule has 0 N–H and O–H groups in total. The molecule has 0 unspecified atom stereocenters. The van der Waals surface area contributed by atoms with Crippen LogP contribution in [0.4, 0.5) is 4.39 Å². The molecule has 1 aromatic carbocycles. The summed E-state index contributed by atoms with van der Waals surface area (Å²) in [7, 11) is 1.79. The Labute approximate surface area is 86.3 Å². The zero-order chi connectivity index (χ0) is 10.7. The number of aryl methyl sites for hydroxylation is 1. The highest BCUT2D eigenvalue weighted by Crippen LogP contribution is 2.12. The molecule has 4 nitrogen and oxygen atoms in total. The summed E-state index contributed by atoms with van der Waals surface area (Å²) >= 11 is 0. The van der Waals surface area contributed by atoms with E-state index in [9.17, 15) is 4.39 Å². The molecule has 2 rings (SSSR count). The normalized spacial score (nSPS) is 10.3. The highest BCUT2D eigenvalue weighted by molar-refractivity contribution is 5.22. The van der Waals surface area contributed by atoms with Crippen LogP contribution in [0.5, 0.6) is 5.75 Å². The molecule has 0 bridgehead atoms. The molecule has 0 aliphatic rings. The van der Waals surface area contributed by atoms with Crippen LogP contribution in [0.1, 0.15) is 5.69 Å². The van der Waals surface area contributed by atoms with Gasteiger partial charge in [-0.25, -0.2) is 4.39 Å². The maximum Gasteiger partial charge on any atom is 0.134 e. The fourth-order valence-corrected chi connectivity index (χ4v) is 1.15. The number of hydrogen-bond acceptors (Lipinski definition) is 3. The summed E-state index contributed by atoms with van der Waals surface area (Å²) in [6.45, 7) is 0.333. The summed E-state index contributed by atoms with van der Waals surface area (Å²) in [6, 6.07) is 5.86. The Balaban J connectivity index is 1.96. The van der Waals surface area contributed by atoms with Crippen molar-refractivity contribution in [3.05, 3.63) is 42.0 Å². The van der Waals surface area contributed by atoms with E-state index >= 15 is 0 Å². The quantitative estimate of drug-likeness (QED) is 0.766. The highest BCUT2D eigenvalue weighted by Gasteiger charge is 1.99. The van der Waals surface area contributed by atoms with Crippen molar-refractivity contribution >= 4 is 0 Å². The third kappa shape index (κ3) is 2.52. The number of hydrogen-bond donors (Lipinski definition) is 0. The molecule has 0 aliphatic heterocycles. The lowest BCUT2D eigenvalue weighted by molar-refractivity contribution is 0.300. The highest BCUT2D eigenvalue weighted by atomic mass is 19.1. The molecule has 1 heterocycles. The first-order valence-corrected chi connectivity index (χ1v) is 4.47. The van der Waals surface area contributed by atoms with Crippen molar-refractivity contribution in [2.75, 3.05) is 0 Å². The SMILES string of the molecule is Cn1cc(COc2ccc(F)cc2)nn1. The Bertz CT molecular complexity index is 438. The number of ether oxygens (including phenoxy) is 1. The van der Waals surface area contributed by atoms with E-state index in [1.165, 1.54) is 12.1 Å². The lowest BCUT2D eigenvalue weighted by atomic mass is 10.3. The summed E-state index contributed by atoms with van der Waals surface area (Å²) < 4.78 is 19.6. The smallest absolute Gasteiger partial charge is 0.134 e. The first-order valence-electron chi connectivity index (χ1n) is 4.47. The third-order valence-electron chi connectivity index (χ3n) is 1.85. The van der Waals surface area contributed by atoms with Gasteiger partial charge < -0.3 is 4.74 Å². The number of aromatic nitrogens is 3. The first kappa shape index (κ1) is 9.64. The zero-order valence-corrected chi connectivity index (χ0v) is 8.22. The molecule has 78 valence electrons. The van der Waals surface area contributed by atoms with Crippen molar-refractivity contribution < 1.29 is 9.13 Å². The van der Waals surface area contributed by atoms with E-state index in [4.69, 9.17) is 4.74 Å². The van der Waals surface area contributed by atoms with Gasteiger partial charge >= 0.3 is 0 Å². The predicted molar refractivity (Wildman–Crippen MR) is 51.7 cm³/mol. The van der Waals surface area contributed by atoms with Gasteiger partial charge in [0.25, 0.3) is 0 Å². The van der Waals surface area contributed by atoms with E-state index in [2.05, 4.69) is 10.3 Å². The van der Waals surface area contributed by atoms with Gasteiger partial charge in [-0.1, -0.05) is 5.21 Å². The number of halogens is 1. The summed E-state index contributed by atoms with van der Waals surface area (Å²) in [4.78, 5) is 0. The predicted octanol–water partition coefficient (Wildman–Crippen LogP) is 1.53. The van der Waals surface area contributed by atoms with Crippen LogP contribution in [0.2, 0.25) is 0 Å². The van der Waals surface area contributed by atoms with Crippen LogP contribution >= 0.6 is 0 Å². The topological polar surface area (TPSA) is 39.9 Å². The lowest BCUT2D eigenvalue weighted by Crippen LogP contribution is -1.95. The van der Waals surface area contributed by atoms with Gasteiger partial charge in [-0.05, 0) is 24.3 Å². The molecule has 0 fully saturated rings. The van der Waals surface area contributed by atoms with Gasteiger partial charge in [0.2, 0.25) is 0 Å². The molecule has 2 aromatic rings. The minimum atomic E-state index is -0.276. The van der Waals surface area contributed by atoms with Crippen molar-refractivity contribution in [1.29, 1.82) is 0 Å². The van der Waals surface area contributed by atoms with E-state index in [0.717, 1.165) is 5.69 Å². The largest absolute Gasteiger partial charge is 0.487 e. The van der Waals surface area contributed by atoms with Crippen molar-refractivity contribution in [3.8, 4) is 5.75 Å². The Hall–Kier alpha value is -1.91. The van der Waals surface area contributed by atoms with Crippen LogP contribution < -0.4 is 4.74 Å². The van der Waals surface area contributed by atoms with Gasteiger partial charge in [-0.15, -0.1) is 5.10 Å². The molecule has 1 aromatic heterocycles. The molecule has 0 spiro atoms. The van der Waals surface area contributed by atoms with Crippen LogP contribution in [-0.4, -0.2) is 15.0 Å². The van der Waals surface area contributed by atoms with Crippen LogP contribution in [0.15, 0.2) is 30.5 Å². The van der Waals surface area contributed by atoms with Crippen molar-refractivity contribution in [3.63, 3.8) is 0 Å². The van der Waals surface area contributed by atoms with Crippen LogP contribution in [-0.2, 0) is 13.7 Å². The van der Waals surface area contributed by atoms with E-state index in [-0.39, 0.29) is 5.82 Å². The molecule has 0 aliphatic carbocycles. The van der Waals surface area contributed by atoms with Gasteiger partial charge in [0.05, 0.1) is 6.20 Å². The summed E-state index contributed by atoms with van der Waals surface area (Å²) in [5.74, 6) is 0.337. The molecule has 5 heteroatoms. The van der Waals surface area contributed by atoms with E-state index in [1.807, 2.05) is 0 Å². The second kappa shape index (κ2) is 4.08. The van der Waals surface area contributed by atoms with Crippen molar-refractivity contribution in [2.45, 2.75) is 6.61 Å².